The summed E-state index contributed by atoms with van der Waals surface area (Å²) >= 11 is 4.17. The van der Waals surface area contributed by atoms with Gasteiger partial charge in [-0.15, -0.1) is 0 Å². The molecule has 0 spiro atoms. The Kier molecular flexibility index (Phi) is 4.65. The summed E-state index contributed by atoms with van der Waals surface area (Å²) in [5, 5.41) is 21.7. The largest absolute Gasteiger partial charge is 0.545 e. The van der Waals surface area contributed by atoms with Crippen molar-refractivity contribution in [2.75, 3.05) is 5.75 Å². The van der Waals surface area contributed by atoms with Crippen LogP contribution in [0, 0.1) is 0 Å². The lowest BCUT2D eigenvalue weighted by Crippen LogP contribution is -2.22. The van der Waals surface area contributed by atoms with Crippen LogP contribution < -0.4 is 10.2 Å². The summed E-state index contributed by atoms with van der Waals surface area (Å²) in [6.45, 7) is 0. The molecule has 0 radical (unpaired) electrons. The van der Waals surface area contributed by atoms with Gasteiger partial charge in [-0.1, -0.05) is 36.4 Å². The van der Waals surface area contributed by atoms with Crippen molar-refractivity contribution in [1.82, 2.24) is 0 Å². The second-order valence-corrected chi connectivity index (χ2v) is 4.95. The smallest absolute Gasteiger partial charge is 0.0715 e. The summed E-state index contributed by atoms with van der Waals surface area (Å²) in [4.78, 5) is 21.7. The van der Waals surface area contributed by atoms with Crippen molar-refractivity contribution in [2.45, 2.75) is 6.42 Å². The van der Waals surface area contributed by atoms with Crippen molar-refractivity contribution in [3.63, 3.8) is 0 Å². The van der Waals surface area contributed by atoms with E-state index in [1.807, 2.05) is 0 Å². The maximum absolute atomic E-state index is 10.9. The zero-order chi connectivity index (χ0) is 15.4. The van der Waals surface area contributed by atoms with Crippen LogP contribution in [0.3, 0.4) is 0 Å². The van der Waals surface area contributed by atoms with Crippen LogP contribution in [-0.2, 0) is 6.42 Å². The lowest BCUT2D eigenvalue weighted by Gasteiger charge is -2.13. The topological polar surface area (TPSA) is 80.3 Å². The first-order valence-corrected chi connectivity index (χ1v) is 6.93. The molecule has 0 N–H and O–H groups in total. The van der Waals surface area contributed by atoms with E-state index in [-0.39, 0.29) is 11.1 Å². The fourth-order valence-corrected chi connectivity index (χ4v) is 2.36. The molecule has 108 valence electrons. The number of carbonyl (C=O) groups is 2. The number of hydrogen-bond donors (Lipinski definition) is 1. The highest BCUT2D eigenvalue weighted by molar-refractivity contribution is 7.80. The number of benzene rings is 2. The van der Waals surface area contributed by atoms with Gasteiger partial charge in [0.1, 0.15) is 0 Å². The number of aryl methyl sites for hydroxylation is 1. The first kappa shape index (κ1) is 15.1. The van der Waals surface area contributed by atoms with Crippen molar-refractivity contribution < 1.29 is 19.8 Å². The first-order chi connectivity index (χ1) is 10.0. The van der Waals surface area contributed by atoms with Crippen LogP contribution in [0.15, 0.2) is 42.5 Å². The summed E-state index contributed by atoms with van der Waals surface area (Å²) in [5.74, 6) is -1.89. The molecule has 0 amide bonds. The highest BCUT2D eigenvalue weighted by Gasteiger charge is 2.07. The van der Waals surface area contributed by atoms with Gasteiger partial charge < -0.3 is 19.8 Å². The van der Waals surface area contributed by atoms with Gasteiger partial charge in [0.15, 0.2) is 0 Å². The Morgan fingerprint density at radius 2 is 1.48 bits per heavy atom. The van der Waals surface area contributed by atoms with Crippen LogP contribution >= 0.6 is 12.6 Å². The van der Waals surface area contributed by atoms with Gasteiger partial charge in [0, 0.05) is 0 Å². The molecular weight excluding hydrogens is 288 g/mol. The number of carbonyl (C=O) groups excluding carboxylic acids is 2. The summed E-state index contributed by atoms with van der Waals surface area (Å²) in [5.41, 5.74) is 2.69. The number of rotatable bonds is 5. The molecule has 2 aromatic rings. The van der Waals surface area contributed by atoms with E-state index in [9.17, 15) is 19.8 Å². The quantitative estimate of drug-likeness (QED) is 0.818. The Bertz CT molecular complexity index is 677. The predicted octanol–water partition coefficient (Wildman–Crippen LogP) is 0.553. The van der Waals surface area contributed by atoms with Crippen LogP contribution in [0.5, 0.6) is 0 Å². The standard InChI is InChI=1S/C16H14O4S/c17-15(18)11-3-1-10(2-4-11)14-6-5-13(16(19)20)9-12(14)7-8-21/h1-6,9,21H,7-8H2,(H,17,18)(H,19,20)/p-2. The number of thiol groups is 1. The molecule has 0 heterocycles. The van der Waals surface area contributed by atoms with Crippen LogP contribution in [0.25, 0.3) is 11.1 Å². The molecule has 2 rings (SSSR count). The third kappa shape index (κ3) is 3.44. The van der Waals surface area contributed by atoms with Gasteiger partial charge in [0.2, 0.25) is 0 Å². The van der Waals surface area contributed by atoms with E-state index in [1.165, 1.54) is 18.2 Å². The molecule has 0 aliphatic carbocycles. The van der Waals surface area contributed by atoms with E-state index < -0.39 is 11.9 Å². The minimum Gasteiger partial charge on any atom is -0.545 e. The third-order valence-electron chi connectivity index (χ3n) is 3.15. The fraction of sp³-hybridized carbons (Fsp3) is 0.125. The number of carboxylic acid groups (broad SMARTS) is 2. The minimum atomic E-state index is -1.23. The van der Waals surface area contributed by atoms with E-state index in [0.717, 1.165) is 16.7 Å². The highest BCUT2D eigenvalue weighted by atomic mass is 32.1. The van der Waals surface area contributed by atoms with E-state index in [0.29, 0.717) is 12.2 Å². The number of carboxylic acids is 2. The molecule has 21 heavy (non-hydrogen) atoms. The average Bonchev–Trinajstić information content (AvgIpc) is 2.47. The first-order valence-electron chi connectivity index (χ1n) is 6.30. The zero-order valence-electron chi connectivity index (χ0n) is 11.0. The van der Waals surface area contributed by atoms with Crippen molar-refractivity contribution in [2.24, 2.45) is 0 Å². The average molecular weight is 300 g/mol. The lowest BCUT2D eigenvalue weighted by molar-refractivity contribution is -0.256. The summed E-state index contributed by atoms with van der Waals surface area (Å²) in [7, 11) is 0. The molecule has 0 unspecified atom stereocenters. The molecule has 0 fully saturated rings. The van der Waals surface area contributed by atoms with E-state index in [1.54, 1.807) is 24.3 Å². The van der Waals surface area contributed by atoms with Crippen molar-refractivity contribution in [3.05, 3.63) is 59.2 Å². The Labute approximate surface area is 127 Å². The van der Waals surface area contributed by atoms with Crippen LogP contribution in [-0.4, -0.2) is 17.7 Å². The highest BCUT2D eigenvalue weighted by Crippen LogP contribution is 2.26. The third-order valence-corrected chi connectivity index (χ3v) is 3.38. The molecular formula is C16H12O4S-2. The Hall–Kier alpha value is -2.27. The molecule has 5 heteroatoms. The SMILES string of the molecule is O=C([O-])c1ccc(-c2ccc(C(=O)[O-])cc2CCS)cc1. The predicted molar refractivity (Wildman–Crippen MR) is 78.1 cm³/mol. The van der Waals surface area contributed by atoms with Crippen molar-refractivity contribution in [3.8, 4) is 11.1 Å². The minimum absolute atomic E-state index is 0.0980. The van der Waals surface area contributed by atoms with Gasteiger partial charge in [-0.05, 0) is 46.1 Å². The van der Waals surface area contributed by atoms with Gasteiger partial charge in [-0.25, -0.2) is 0 Å². The number of hydrogen-bond acceptors (Lipinski definition) is 5. The Balaban J connectivity index is 2.46. The Morgan fingerprint density at radius 3 is 2.00 bits per heavy atom. The molecule has 2 aromatic carbocycles. The van der Waals surface area contributed by atoms with Crippen LogP contribution in [0.2, 0.25) is 0 Å². The Morgan fingerprint density at radius 1 is 0.905 bits per heavy atom. The zero-order valence-corrected chi connectivity index (χ0v) is 11.9. The van der Waals surface area contributed by atoms with Crippen LogP contribution in [0.1, 0.15) is 26.3 Å². The second kappa shape index (κ2) is 6.45. The molecule has 0 saturated carbocycles. The van der Waals surface area contributed by atoms with E-state index in [2.05, 4.69) is 12.6 Å². The fourth-order valence-electron chi connectivity index (χ4n) is 2.12. The normalized spacial score (nSPS) is 10.3. The molecule has 4 nitrogen and oxygen atoms in total. The maximum Gasteiger partial charge on any atom is 0.0715 e. The second-order valence-electron chi connectivity index (χ2n) is 4.50. The van der Waals surface area contributed by atoms with Crippen LogP contribution in [0.4, 0.5) is 0 Å². The summed E-state index contributed by atoms with van der Waals surface area (Å²) in [6, 6.07) is 11.0. The monoisotopic (exact) mass is 300 g/mol. The molecule has 0 atom stereocenters. The van der Waals surface area contributed by atoms with Gasteiger partial charge >= 0.3 is 0 Å². The lowest BCUT2D eigenvalue weighted by atomic mass is 9.95. The van der Waals surface area contributed by atoms with Gasteiger partial charge in [-0.2, -0.15) is 12.6 Å². The summed E-state index contributed by atoms with van der Waals surface area (Å²) < 4.78 is 0. The van der Waals surface area contributed by atoms with E-state index in [4.69, 9.17) is 0 Å². The number of aromatic carboxylic acids is 2. The maximum atomic E-state index is 10.9. The van der Waals surface area contributed by atoms with Gasteiger partial charge in [0.05, 0.1) is 11.9 Å². The van der Waals surface area contributed by atoms with Gasteiger partial charge in [0.25, 0.3) is 0 Å². The molecule has 0 aliphatic heterocycles. The molecule has 0 bridgehead atoms. The van der Waals surface area contributed by atoms with Crippen molar-refractivity contribution in [1.29, 1.82) is 0 Å². The molecule has 0 aliphatic rings. The molecule has 0 saturated heterocycles. The molecule has 0 aromatic heterocycles. The summed E-state index contributed by atoms with van der Waals surface area (Å²) in [6.07, 6.45) is 0.599. The van der Waals surface area contributed by atoms with Gasteiger partial charge in [-0.3, -0.25) is 0 Å². The van der Waals surface area contributed by atoms with E-state index >= 15 is 0 Å². The van der Waals surface area contributed by atoms with Crippen molar-refractivity contribution >= 4 is 24.6 Å².